The van der Waals surface area contributed by atoms with Crippen LogP contribution in [-0.2, 0) is 0 Å². The van der Waals surface area contributed by atoms with E-state index in [0.717, 1.165) is 0 Å². The smallest absolute Gasteiger partial charge is 0.267 e. The molecule has 0 aliphatic rings. The molecule has 0 aromatic carbocycles. The topological polar surface area (TPSA) is 56.0 Å². The third-order valence-corrected chi connectivity index (χ3v) is 2.61. The third kappa shape index (κ3) is 2.11. The lowest BCUT2D eigenvalue weighted by Crippen LogP contribution is -2.17. The fourth-order valence-corrected chi connectivity index (χ4v) is 1.85. The minimum absolute atomic E-state index is 0.259. The normalized spacial score (nSPS) is 10.6. The number of hydrogen-bond acceptors (Lipinski definition) is 2. The summed E-state index contributed by atoms with van der Waals surface area (Å²) in [6, 6.07) is 0. The highest BCUT2D eigenvalue weighted by atomic mass is 127. The molecule has 76 valence electrons. The van der Waals surface area contributed by atoms with Crippen molar-refractivity contribution in [3.05, 3.63) is 26.0 Å². The highest BCUT2D eigenvalue weighted by Gasteiger charge is 2.23. The van der Waals surface area contributed by atoms with Gasteiger partial charge in [-0.15, -0.1) is 0 Å². The molecule has 2 N–H and O–H groups in total. The van der Waals surface area contributed by atoms with E-state index in [1.54, 1.807) is 22.6 Å². The Morgan fingerprint density at radius 3 is 2.57 bits per heavy atom. The molecule has 1 rings (SSSR count). The number of nitrogens with zero attached hydrogens (tertiary/aromatic N) is 1. The van der Waals surface area contributed by atoms with Crippen molar-refractivity contribution in [3.8, 4) is 0 Å². The number of aromatic nitrogens is 1. The van der Waals surface area contributed by atoms with Crippen LogP contribution in [0.2, 0.25) is 5.15 Å². The molecule has 0 spiro atoms. The number of carbonyl (C=O) groups excluding carboxylic acids is 1. The minimum Gasteiger partial charge on any atom is -0.366 e. The molecule has 0 radical (unpaired) electrons. The first-order valence-corrected chi connectivity index (χ1v) is 4.82. The molecule has 1 aromatic heterocycles. The number of amides is 1. The minimum atomic E-state index is -2.87. The Morgan fingerprint density at radius 2 is 2.21 bits per heavy atom. The Labute approximate surface area is 96.8 Å². The molecule has 0 unspecified atom stereocenters. The van der Waals surface area contributed by atoms with Gasteiger partial charge < -0.3 is 5.73 Å². The Kier molecular flexibility index (Phi) is 3.59. The van der Waals surface area contributed by atoms with Crippen LogP contribution in [0.5, 0.6) is 0 Å². The summed E-state index contributed by atoms with van der Waals surface area (Å²) in [5, 5.41) is -0.394. The van der Waals surface area contributed by atoms with Crippen molar-refractivity contribution in [2.75, 3.05) is 0 Å². The summed E-state index contributed by atoms with van der Waals surface area (Å²) < 4.78 is 25.2. The molecule has 1 heterocycles. The first-order chi connectivity index (χ1) is 6.45. The summed E-state index contributed by atoms with van der Waals surface area (Å²) in [5.74, 6) is -0.936. The van der Waals surface area contributed by atoms with Gasteiger partial charge in [0.25, 0.3) is 6.43 Å². The molecule has 3 nitrogen and oxygen atoms in total. The number of nitrogens with two attached hydrogens (primary N) is 1. The van der Waals surface area contributed by atoms with Crippen molar-refractivity contribution >= 4 is 40.1 Å². The summed E-state index contributed by atoms with van der Waals surface area (Å²) in [6.45, 7) is 0. The van der Waals surface area contributed by atoms with Crippen LogP contribution >= 0.6 is 34.2 Å². The number of rotatable bonds is 2. The van der Waals surface area contributed by atoms with Crippen molar-refractivity contribution in [1.29, 1.82) is 0 Å². The van der Waals surface area contributed by atoms with E-state index >= 15 is 0 Å². The third-order valence-electron chi connectivity index (χ3n) is 1.49. The van der Waals surface area contributed by atoms with Crippen molar-refractivity contribution < 1.29 is 13.6 Å². The number of halogens is 4. The maximum Gasteiger partial charge on any atom is 0.267 e. The maximum atomic E-state index is 12.5. The highest BCUT2D eigenvalue weighted by molar-refractivity contribution is 14.1. The zero-order chi connectivity index (χ0) is 10.9. The van der Waals surface area contributed by atoms with Gasteiger partial charge in [-0.05, 0) is 22.6 Å². The van der Waals surface area contributed by atoms with E-state index in [1.165, 1.54) is 6.20 Å². The van der Waals surface area contributed by atoms with Gasteiger partial charge in [0.2, 0.25) is 5.91 Å². The lowest BCUT2D eigenvalue weighted by molar-refractivity contribution is 0.0984. The lowest BCUT2D eigenvalue weighted by atomic mass is 10.1. The van der Waals surface area contributed by atoms with Crippen LogP contribution in [-0.4, -0.2) is 10.9 Å². The second-order valence-corrected chi connectivity index (χ2v) is 3.87. The van der Waals surface area contributed by atoms with Gasteiger partial charge in [0.15, 0.2) is 0 Å². The van der Waals surface area contributed by atoms with Crippen molar-refractivity contribution in [2.45, 2.75) is 6.43 Å². The molecule has 1 aromatic rings. The average molecular weight is 332 g/mol. The van der Waals surface area contributed by atoms with Gasteiger partial charge in [0, 0.05) is 9.77 Å². The van der Waals surface area contributed by atoms with Gasteiger partial charge in [-0.3, -0.25) is 4.79 Å². The van der Waals surface area contributed by atoms with E-state index in [-0.39, 0.29) is 9.13 Å². The second-order valence-electron chi connectivity index (χ2n) is 2.35. The summed E-state index contributed by atoms with van der Waals surface area (Å²) in [6.07, 6.45) is -1.65. The Morgan fingerprint density at radius 1 is 1.64 bits per heavy atom. The Balaban J connectivity index is 3.50. The van der Waals surface area contributed by atoms with E-state index in [1.807, 2.05) is 0 Å². The molecule has 0 aliphatic heterocycles. The zero-order valence-corrected chi connectivity index (χ0v) is 9.51. The van der Waals surface area contributed by atoms with Crippen LogP contribution in [0.4, 0.5) is 8.78 Å². The van der Waals surface area contributed by atoms with Gasteiger partial charge in [0.05, 0.1) is 11.1 Å². The van der Waals surface area contributed by atoms with E-state index < -0.39 is 23.0 Å². The molecule has 0 saturated carbocycles. The number of pyridine rings is 1. The van der Waals surface area contributed by atoms with Gasteiger partial charge >= 0.3 is 0 Å². The van der Waals surface area contributed by atoms with Crippen LogP contribution in [0.1, 0.15) is 22.3 Å². The van der Waals surface area contributed by atoms with E-state index in [9.17, 15) is 13.6 Å². The van der Waals surface area contributed by atoms with Gasteiger partial charge in [0.1, 0.15) is 5.15 Å². The van der Waals surface area contributed by atoms with Crippen molar-refractivity contribution in [2.24, 2.45) is 5.73 Å². The molecule has 0 fully saturated rings. The molecule has 0 bridgehead atoms. The van der Waals surface area contributed by atoms with E-state index in [0.29, 0.717) is 0 Å². The van der Waals surface area contributed by atoms with Crippen molar-refractivity contribution in [3.63, 3.8) is 0 Å². The predicted octanol–water partition coefficient (Wildman–Crippen LogP) is 2.38. The summed E-state index contributed by atoms with van der Waals surface area (Å²) >= 11 is 7.13. The maximum absolute atomic E-state index is 12.5. The number of primary amides is 1. The zero-order valence-electron chi connectivity index (χ0n) is 6.60. The van der Waals surface area contributed by atoms with Crippen LogP contribution < -0.4 is 5.73 Å². The van der Waals surface area contributed by atoms with E-state index in [2.05, 4.69) is 4.98 Å². The Bertz CT molecular complexity index is 386. The quantitative estimate of drug-likeness (QED) is 0.668. The first-order valence-electron chi connectivity index (χ1n) is 3.37. The molecule has 1 amide bonds. The summed E-state index contributed by atoms with van der Waals surface area (Å²) in [7, 11) is 0. The summed E-state index contributed by atoms with van der Waals surface area (Å²) in [5.41, 5.74) is 4.09. The Hall–Kier alpha value is -0.500. The fraction of sp³-hybridized carbons (Fsp3) is 0.143. The monoisotopic (exact) mass is 332 g/mol. The van der Waals surface area contributed by atoms with Crippen molar-refractivity contribution in [1.82, 2.24) is 4.98 Å². The SMILES string of the molecule is NC(=O)c1c(I)cnc(Cl)c1C(F)F. The second kappa shape index (κ2) is 4.35. The first kappa shape index (κ1) is 11.6. The average Bonchev–Trinajstić information content (AvgIpc) is 2.07. The van der Waals surface area contributed by atoms with Crippen LogP contribution in [0, 0.1) is 3.57 Å². The molecule has 14 heavy (non-hydrogen) atoms. The number of carbonyl (C=O) groups is 1. The van der Waals surface area contributed by atoms with Gasteiger partial charge in [-0.1, -0.05) is 11.6 Å². The van der Waals surface area contributed by atoms with E-state index in [4.69, 9.17) is 17.3 Å². The molecular weight excluding hydrogens is 328 g/mol. The summed E-state index contributed by atoms with van der Waals surface area (Å²) in [4.78, 5) is 14.4. The molecule has 0 saturated heterocycles. The largest absolute Gasteiger partial charge is 0.366 e. The predicted molar refractivity (Wildman–Crippen MR) is 55.4 cm³/mol. The van der Waals surface area contributed by atoms with Crippen LogP contribution in [0.15, 0.2) is 6.20 Å². The van der Waals surface area contributed by atoms with Gasteiger partial charge in [-0.25, -0.2) is 13.8 Å². The molecular formula is C7H4ClF2IN2O. The highest BCUT2D eigenvalue weighted by Crippen LogP contribution is 2.30. The molecule has 7 heteroatoms. The van der Waals surface area contributed by atoms with Gasteiger partial charge in [-0.2, -0.15) is 0 Å². The van der Waals surface area contributed by atoms with Crippen LogP contribution in [0.3, 0.4) is 0 Å². The fourth-order valence-electron chi connectivity index (χ4n) is 0.929. The number of hydrogen-bond donors (Lipinski definition) is 1. The van der Waals surface area contributed by atoms with Crippen LogP contribution in [0.25, 0.3) is 0 Å². The number of alkyl halides is 2. The molecule has 0 atom stereocenters. The standard InChI is InChI=1S/C7H4ClF2IN2O/c8-5-4(6(9)10)3(7(12)14)2(11)1-13-5/h1,6H,(H2,12,14). The molecule has 0 aliphatic carbocycles. The lowest BCUT2D eigenvalue weighted by Gasteiger charge is -2.08.